The number of hydrogen-bond donors (Lipinski definition) is 2. The standard InChI is InChI=1S/C14H16N2O6/c1-14(2,3)22-13(19)15-10-6-4-9(5-7-12(17)18)8-11(10)16(20)21/h4-8H,1-3H3,(H,15,19)(H,17,18)/b7-5+. The number of rotatable bonds is 4. The number of carbonyl (C=O) groups is 2. The Morgan fingerprint density at radius 2 is 2.00 bits per heavy atom. The zero-order chi connectivity index (χ0) is 16.9. The third-order valence-electron chi connectivity index (χ3n) is 2.27. The first-order valence-corrected chi connectivity index (χ1v) is 6.28. The zero-order valence-corrected chi connectivity index (χ0v) is 12.3. The molecule has 0 radical (unpaired) electrons. The number of carbonyl (C=O) groups excluding carboxylic acids is 1. The molecule has 0 spiro atoms. The van der Waals surface area contributed by atoms with Crippen molar-refractivity contribution in [1.82, 2.24) is 0 Å². The number of carboxylic acid groups (broad SMARTS) is 1. The lowest BCUT2D eigenvalue weighted by molar-refractivity contribution is -0.383. The predicted octanol–water partition coefficient (Wildman–Crippen LogP) is 3.04. The summed E-state index contributed by atoms with van der Waals surface area (Å²) < 4.78 is 5.02. The summed E-state index contributed by atoms with van der Waals surface area (Å²) in [5.74, 6) is -1.17. The first-order chi connectivity index (χ1) is 10.1. The monoisotopic (exact) mass is 308 g/mol. The van der Waals surface area contributed by atoms with Crippen LogP contribution in [0.25, 0.3) is 6.08 Å². The molecule has 0 aromatic heterocycles. The summed E-state index contributed by atoms with van der Waals surface area (Å²) in [4.78, 5) is 32.5. The van der Waals surface area contributed by atoms with Crippen molar-refractivity contribution in [1.29, 1.82) is 0 Å². The third-order valence-corrected chi connectivity index (χ3v) is 2.27. The average Bonchev–Trinajstić information content (AvgIpc) is 2.34. The van der Waals surface area contributed by atoms with Gasteiger partial charge in [0, 0.05) is 12.1 Å². The zero-order valence-electron chi connectivity index (χ0n) is 12.3. The molecule has 2 N–H and O–H groups in total. The number of amides is 1. The van der Waals surface area contributed by atoms with Gasteiger partial charge in [-0.15, -0.1) is 0 Å². The molecule has 0 aliphatic rings. The molecule has 0 aliphatic carbocycles. The molecule has 1 rings (SSSR count). The smallest absolute Gasteiger partial charge is 0.412 e. The van der Waals surface area contributed by atoms with Gasteiger partial charge in [-0.05, 0) is 38.5 Å². The molecule has 0 atom stereocenters. The summed E-state index contributed by atoms with van der Waals surface area (Å²) in [7, 11) is 0. The van der Waals surface area contributed by atoms with Crippen LogP contribution in [-0.2, 0) is 9.53 Å². The minimum Gasteiger partial charge on any atom is -0.478 e. The first kappa shape index (κ1) is 17.2. The molecule has 8 heteroatoms. The molecule has 22 heavy (non-hydrogen) atoms. The van der Waals surface area contributed by atoms with Crippen LogP contribution in [0.5, 0.6) is 0 Å². The van der Waals surface area contributed by atoms with Gasteiger partial charge in [-0.1, -0.05) is 6.07 Å². The van der Waals surface area contributed by atoms with E-state index in [-0.39, 0.29) is 11.4 Å². The van der Waals surface area contributed by atoms with E-state index in [1.165, 1.54) is 18.2 Å². The molecule has 1 aromatic carbocycles. The Hall–Kier alpha value is -2.90. The fraction of sp³-hybridized carbons (Fsp3) is 0.286. The van der Waals surface area contributed by atoms with E-state index in [1.807, 2.05) is 0 Å². The Balaban J connectivity index is 3.03. The summed E-state index contributed by atoms with van der Waals surface area (Å²) in [5.41, 5.74) is -0.808. The SMILES string of the molecule is CC(C)(C)OC(=O)Nc1ccc(/C=C/C(=O)O)cc1[N+](=O)[O-]. The molecule has 0 bridgehead atoms. The minimum atomic E-state index is -1.17. The number of ether oxygens (including phenoxy) is 1. The number of nitrogens with zero attached hydrogens (tertiary/aromatic N) is 1. The van der Waals surface area contributed by atoms with Crippen molar-refractivity contribution in [2.75, 3.05) is 5.32 Å². The molecular formula is C14H16N2O6. The Morgan fingerprint density at radius 1 is 1.36 bits per heavy atom. The van der Waals surface area contributed by atoms with Gasteiger partial charge in [0.15, 0.2) is 0 Å². The molecule has 0 fully saturated rings. The van der Waals surface area contributed by atoms with Gasteiger partial charge in [0.1, 0.15) is 11.3 Å². The summed E-state index contributed by atoms with van der Waals surface area (Å²) >= 11 is 0. The number of nitro groups is 1. The third kappa shape index (κ3) is 5.61. The van der Waals surface area contributed by atoms with Gasteiger partial charge in [0.2, 0.25) is 0 Å². The van der Waals surface area contributed by atoms with Crippen molar-refractivity contribution in [3.05, 3.63) is 40.0 Å². The van der Waals surface area contributed by atoms with E-state index < -0.39 is 22.6 Å². The van der Waals surface area contributed by atoms with Crippen LogP contribution in [0.1, 0.15) is 26.3 Å². The number of anilines is 1. The van der Waals surface area contributed by atoms with Crippen molar-refractivity contribution in [3.63, 3.8) is 0 Å². The highest BCUT2D eigenvalue weighted by molar-refractivity contribution is 5.89. The van der Waals surface area contributed by atoms with Gasteiger partial charge in [-0.25, -0.2) is 9.59 Å². The number of benzene rings is 1. The van der Waals surface area contributed by atoms with Crippen LogP contribution in [0.2, 0.25) is 0 Å². The van der Waals surface area contributed by atoms with E-state index in [9.17, 15) is 19.7 Å². The summed E-state index contributed by atoms with van der Waals surface area (Å²) in [6.07, 6.45) is 1.26. The Kier molecular flexibility index (Phi) is 5.23. The van der Waals surface area contributed by atoms with Crippen LogP contribution in [0.15, 0.2) is 24.3 Å². The van der Waals surface area contributed by atoms with Gasteiger partial charge >= 0.3 is 12.1 Å². The van der Waals surface area contributed by atoms with Crippen molar-refractivity contribution >= 4 is 29.5 Å². The van der Waals surface area contributed by atoms with Crippen LogP contribution in [0.3, 0.4) is 0 Å². The maximum absolute atomic E-state index is 11.7. The van der Waals surface area contributed by atoms with Crippen LogP contribution >= 0.6 is 0 Å². The fourth-order valence-electron chi connectivity index (χ4n) is 1.49. The minimum absolute atomic E-state index is 0.0354. The second kappa shape index (κ2) is 6.70. The molecule has 0 heterocycles. The highest BCUT2D eigenvalue weighted by Crippen LogP contribution is 2.26. The quantitative estimate of drug-likeness (QED) is 0.501. The summed E-state index contributed by atoms with van der Waals surface area (Å²) in [6, 6.07) is 3.91. The van der Waals surface area contributed by atoms with E-state index in [0.717, 1.165) is 12.1 Å². The molecule has 1 aromatic rings. The molecule has 0 unspecified atom stereocenters. The molecule has 118 valence electrons. The van der Waals surface area contributed by atoms with Gasteiger partial charge in [0.25, 0.3) is 5.69 Å². The van der Waals surface area contributed by atoms with Gasteiger partial charge in [0.05, 0.1) is 4.92 Å². The van der Waals surface area contributed by atoms with E-state index in [1.54, 1.807) is 20.8 Å². The normalized spacial score (nSPS) is 11.2. The van der Waals surface area contributed by atoms with E-state index in [2.05, 4.69) is 5.32 Å². The number of aliphatic carboxylic acids is 1. The Labute approximate surface area is 126 Å². The van der Waals surface area contributed by atoms with Crippen LogP contribution in [0, 0.1) is 10.1 Å². The lowest BCUT2D eigenvalue weighted by Gasteiger charge is -2.19. The van der Waals surface area contributed by atoms with E-state index in [4.69, 9.17) is 9.84 Å². The van der Waals surface area contributed by atoms with Crippen molar-refractivity contribution in [3.8, 4) is 0 Å². The topological polar surface area (TPSA) is 119 Å². The molecule has 0 saturated heterocycles. The van der Waals surface area contributed by atoms with Crippen molar-refractivity contribution in [2.24, 2.45) is 0 Å². The Bertz CT molecular complexity index is 631. The number of nitrogens with one attached hydrogen (secondary N) is 1. The van der Waals surface area contributed by atoms with Crippen LogP contribution in [0.4, 0.5) is 16.2 Å². The van der Waals surface area contributed by atoms with E-state index in [0.29, 0.717) is 5.56 Å². The summed E-state index contributed by atoms with van der Waals surface area (Å²) in [6.45, 7) is 5.00. The Morgan fingerprint density at radius 3 is 2.50 bits per heavy atom. The largest absolute Gasteiger partial charge is 0.478 e. The second-order valence-corrected chi connectivity index (χ2v) is 5.33. The van der Waals surface area contributed by atoms with Crippen molar-refractivity contribution < 1.29 is 24.4 Å². The van der Waals surface area contributed by atoms with E-state index >= 15 is 0 Å². The van der Waals surface area contributed by atoms with Crippen LogP contribution < -0.4 is 5.32 Å². The predicted molar refractivity (Wildman–Crippen MR) is 79.6 cm³/mol. The molecule has 8 nitrogen and oxygen atoms in total. The van der Waals surface area contributed by atoms with Gasteiger partial charge < -0.3 is 9.84 Å². The first-order valence-electron chi connectivity index (χ1n) is 6.28. The highest BCUT2D eigenvalue weighted by atomic mass is 16.6. The molecule has 1 amide bonds. The fourth-order valence-corrected chi connectivity index (χ4v) is 1.49. The average molecular weight is 308 g/mol. The maximum atomic E-state index is 11.7. The lowest BCUT2D eigenvalue weighted by Crippen LogP contribution is -2.27. The molecule has 0 aliphatic heterocycles. The van der Waals surface area contributed by atoms with Crippen LogP contribution in [-0.4, -0.2) is 27.7 Å². The maximum Gasteiger partial charge on any atom is 0.412 e. The van der Waals surface area contributed by atoms with Gasteiger partial charge in [-0.2, -0.15) is 0 Å². The summed E-state index contributed by atoms with van der Waals surface area (Å²) in [5, 5.41) is 21.9. The number of hydrogen-bond acceptors (Lipinski definition) is 5. The highest BCUT2D eigenvalue weighted by Gasteiger charge is 2.20. The molecule has 0 saturated carbocycles. The number of nitro benzene ring substituents is 1. The second-order valence-electron chi connectivity index (χ2n) is 5.33. The van der Waals surface area contributed by atoms with Gasteiger partial charge in [-0.3, -0.25) is 15.4 Å². The molecular weight excluding hydrogens is 292 g/mol. The lowest BCUT2D eigenvalue weighted by atomic mass is 10.1. The van der Waals surface area contributed by atoms with Crippen molar-refractivity contribution in [2.45, 2.75) is 26.4 Å². The number of carboxylic acids is 1.